The maximum absolute atomic E-state index is 12.6. The highest BCUT2D eigenvalue weighted by atomic mass is 32.2. The maximum Gasteiger partial charge on any atom is 0.310 e. The molecule has 0 bridgehead atoms. The fraction of sp³-hybridized carbons (Fsp3) is 0.769. The van der Waals surface area contributed by atoms with Crippen LogP contribution in [0.15, 0.2) is 11.6 Å². The molecule has 0 saturated heterocycles. The molecule has 108 valence electrons. The number of methoxy groups -OCH3 is 1. The second-order valence-electron chi connectivity index (χ2n) is 5.30. The van der Waals surface area contributed by atoms with Crippen LogP contribution in [0.5, 0.6) is 0 Å². The number of carbonyl (C=O) groups is 1. The number of nitrogens with zero attached hydrogens (tertiary/aromatic N) is 1. The van der Waals surface area contributed by atoms with Crippen molar-refractivity contribution in [3.8, 4) is 0 Å². The van der Waals surface area contributed by atoms with Crippen LogP contribution >= 0.6 is 0 Å². The summed E-state index contributed by atoms with van der Waals surface area (Å²) in [4.78, 5) is 11.7. The molecule has 0 amide bonds. The highest BCUT2D eigenvalue weighted by molar-refractivity contribution is 7.89. The van der Waals surface area contributed by atoms with Gasteiger partial charge in [-0.3, -0.25) is 4.79 Å². The van der Waals surface area contributed by atoms with Crippen molar-refractivity contribution in [2.24, 2.45) is 5.92 Å². The molecule has 0 aromatic rings. The molecule has 2 aliphatic rings. The molecule has 1 fully saturated rings. The van der Waals surface area contributed by atoms with Crippen LogP contribution in [0.4, 0.5) is 0 Å². The van der Waals surface area contributed by atoms with Crippen molar-refractivity contribution in [1.82, 2.24) is 4.31 Å². The summed E-state index contributed by atoms with van der Waals surface area (Å²) in [5.74, 6) is -0.892. The lowest BCUT2D eigenvalue weighted by Crippen LogP contribution is -2.44. The van der Waals surface area contributed by atoms with Gasteiger partial charge in [0.05, 0.1) is 18.3 Å². The number of esters is 1. The first-order valence-electron chi connectivity index (χ1n) is 6.69. The summed E-state index contributed by atoms with van der Waals surface area (Å²) in [6.07, 6.45) is 4.66. The third-order valence-corrected chi connectivity index (χ3v) is 6.48. The van der Waals surface area contributed by atoms with Crippen molar-refractivity contribution >= 4 is 16.0 Å². The van der Waals surface area contributed by atoms with E-state index in [1.807, 2.05) is 13.0 Å². The third kappa shape index (κ3) is 2.84. The Morgan fingerprint density at radius 2 is 2.16 bits per heavy atom. The lowest BCUT2D eigenvalue weighted by Gasteiger charge is -2.29. The average molecular weight is 287 g/mol. The quantitative estimate of drug-likeness (QED) is 0.580. The van der Waals surface area contributed by atoms with Gasteiger partial charge in [-0.05, 0) is 26.2 Å². The Labute approximate surface area is 114 Å². The summed E-state index contributed by atoms with van der Waals surface area (Å²) in [6.45, 7) is 2.96. The second kappa shape index (κ2) is 5.63. The van der Waals surface area contributed by atoms with E-state index in [2.05, 4.69) is 0 Å². The number of rotatable bonds is 3. The third-order valence-electron chi connectivity index (χ3n) is 4.10. The van der Waals surface area contributed by atoms with Crippen LogP contribution in [0.3, 0.4) is 0 Å². The number of carbonyl (C=O) groups excluding carboxylic acids is 1. The molecule has 5 nitrogen and oxygen atoms in total. The Morgan fingerprint density at radius 3 is 2.74 bits per heavy atom. The highest BCUT2D eigenvalue weighted by Gasteiger charge is 2.44. The van der Waals surface area contributed by atoms with E-state index in [9.17, 15) is 13.2 Å². The summed E-state index contributed by atoms with van der Waals surface area (Å²) in [7, 11) is -2.08. The highest BCUT2D eigenvalue weighted by Crippen LogP contribution is 2.34. The Morgan fingerprint density at radius 1 is 1.42 bits per heavy atom. The van der Waals surface area contributed by atoms with Crippen LogP contribution in [-0.2, 0) is 19.6 Å². The summed E-state index contributed by atoms with van der Waals surface area (Å²) in [5, 5.41) is -0.605. The van der Waals surface area contributed by atoms with Crippen LogP contribution < -0.4 is 0 Å². The standard InChI is InChI=1S/C13H21NO4S/c1-10-6-8-14(9-7-10)19(16,17)12-5-3-4-11(12)13(15)18-2/h6,11-12H,3-5,7-9H2,1-2H3. The van der Waals surface area contributed by atoms with Gasteiger partial charge >= 0.3 is 5.97 Å². The van der Waals surface area contributed by atoms with Crippen molar-refractivity contribution < 1.29 is 17.9 Å². The van der Waals surface area contributed by atoms with E-state index in [0.717, 1.165) is 12.8 Å². The van der Waals surface area contributed by atoms with Crippen LogP contribution in [0.1, 0.15) is 32.6 Å². The molecule has 1 aliphatic heterocycles. The Kier molecular flexibility index (Phi) is 4.30. The largest absolute Gasteiger partial charge is 0.469 e. The van der Waals surface area contributed by atoms with Crippen molar-refractivity contribution in [3.05, 3.63) is 11.6 Å². The van der Waals surface area contributed by atoms with E-state index in [1.165, 1.54) is 17.0 Å². The molecule has 0 aromatic carbocycles. The minimum atomic E-state index is -3.40. The number of hydrogen-bond acceptors (Lipinski definition) is 4. The van der Waals surface area contributed by atoms with Gasteiger partial charge in [0.1, 0.15) is 0 Å². The van der Waals surface area contributed by atoms with Gasteiger partial charge < -0.3 is 4.74 Å². The molecule has 1 heterocycles. The van der Waals surface area contributed by atoms with Crippen LogP contribution in [0.25, 0.3) is 0 Å². The summed E-state index contributed by atoms with van der Waals surface area (Å²) >= 11 is 0. The van der Waals surface area contributed by atoms with Crippen molar-refractivity contribution in [1.29, 1.82) is 0 Å². The molecule has 1 saturated carbocycles. The van der Waals surface area contributed by atoms with Crippen molar-refractivity contribution in [3.63, 3.8) is 0 Å². The first kappa shape index (κ1) is 14.5. The van der Waals surface area contributed by atoms with Crippen molar-refractivity contribution in [2.75, 3.05) is 20.2 Å². The lowest BCUT2D eigenvalue weighted by molar-refractivity contribution is -0.145. The number of sulfonamides is 1. The molecular weight excluding hydrogens is 266 g/mol. The Bertz CT molecular complexity index is 483. The van der Waals surface area contributed by atoms with Crippen molar-refractivity contribution in [2.45, 2.75) is 37.9 Å². The Hall–Kier alpha value is -0.880. The maximum atomic E-state index is 12.6. The topological polar surface area (TPSA) is 63.7 Å². The smallest absolute Gasteiger partial charge is 0.310 e. The lowest BCUT2D eigenvalue weighted by atomic mass is 10.1. The van der Waals surface area contributed by atoms with E-state index in [4.69, 9.17) is 4.74 Å². The molecular formula is C13H21NO4S. The summed E-state index contributed by atoms with van der Waals surface area (Å²) in [6, 6.07) is 0. The zero-order valence-electron chi connectivity index (χ0n) is 11.5. The fourth-order valence-electron chi connectivity index (χ4n) is 2.88. The predicted molar refractivity (Wildman–Crippen MR) is 72.0 cm³/mol. The molecule has 0 radical (unpaired) electrons. The van der Waals surface area contributed by atoms with Gasteiger partial charge in [-0.2, -0.15) is 4.31 Å². The normalized spacial score (nSPS) is 29.1. The first-order chi connectivity index (χ1) is 8.96. The van der Waals surface area contributed by atoms with E-state index in [-0.39, 0.29) is 0 Å². The molecule has 0 aromatic heterocycles. The van der Waals surface area contributed by atoms with Gasteiger partial charge in [0.2, 0.25) is 10.0 Å². The predicted octanol–water partition coefficient (Wildman–Crippen LogP) is 1.31. The molecule has 0 spiro atoms. The van der Waals surface area contributed by atoms with Gasteiger partial charge in [0.25, 0.3) is 0 Å². The van der Waals surface area contributed by atoms with Crippen LogP contribution in [-0.4, -0.2) is 44.1 Å². The molecule has 0 N–H and O–H groups in total. The van der Waals surface area contributed by atoms with Gasteiger partial charge in [-0.15, -0.1) is 0 Å². The first-order valence-corrected chi connectivity index (χ1v) is 8.19. The van der Waals surface area contributed by atoms with Gasteiger partial charge in [0, 0.05) is 13.1 Å². The molecule has 2 unspecified atom stereocenters. The van der Waals surface area contributed by atoms with Crippen LogP contribution in [0.2, 0.25) is 0 Å². The molecule has 6 heteroatoms. The zero-order valence-corrected chi connectivity index (χ0v) is 12.3. The SMILES string of the molecule is COC(=O)C1CCCC1S(=O)(=O)N1CC=C(C)CC1. The number of ether oxygens (including phenoxy) is 1. The zero-order chi connectivity index (χ0) is 14.0. The molecule has 19 heavy (non-hydrogen) atoms. The molecule has 2 rings (SSSR count). The van der Waals surface area contributed by atoms with Crippen LogP contribution in [0, 0.1) is 5.92 Å². The van der Waals surface area contributed by atoms with E-state index in [1.54, 1.807) is 0 Å². The second-order valence-corrected chi connectivity index (χ2v) is 7.45. The average Bonchev–Trinajstić information content (AvgIpc) is 2.88. The Balaban J connectivity index is 2.17. The van der Waals surface area contributed by atoms with Gasteiger partial charge in [-0.1, -0.05) is 18.1 Å². The minimum Gasteiger partial charge on any atom is -0.469 e. The van der Waals surface area contributed by atoms with Gasteiger partial charge in [0.15, 0.2) is 0 Å². The van der Waals surface area contributed by atoms with Gasteiger partial charge in [-0.25, -0.2) is 8.42 Å². The molecule has 2 atom stereocenters. The fourth-order valence-corrected chi connectivity index (χ4v) is 5.02. The summed E-state index contributed by atoms with van der Waals surface area (Å²) in [5.41, 5.74) is 1.22. The summed E-state index contributed by atoms with van der Waals surface area (Å²) < 4.78 is 31.5. The monoisotopic (exact) mass is 287 g/mol. The van der Waals surface area contributed by atoms with E-state index >= 15 is 0 Å². The minimum absolute atomic E-state index is 0.394. The van der Waals surface area contributed by atoms with E-state index < -0.39 is 27.2 Å². The van der Waals surface area contributed by atoms with E-state index in [0.29, 0.717) is 25.9 Å². The number of hydrogen-bond donors (Lipinski definition) is 0. The molecule has 1 aliphatic carbocycles.